The van der Waals surface area contributed by atoms with Gasteiger partial charge in [-0.15, -0.1) is 0 Å². The van der Waals surface area contributed by atoms with Crippen molar-refractivity contribution in [3.8, 4) is 11.5 Å². The van der Waals surface area contributed by atoms with Crippen molar-refractivity contribution in [2.75, 3.05) is 13.3 Å². The Morgan fingerprint density at radius 2 is 2.20 bits per heavy atom. The molecule has 0 radical (unpaired) electrons. The molecule has 0 atom stereocenters. The topological polar surface area (TPSA) is 39.5 Å². The first kappa shape index (κ1) is 12.2. The lowest BCUT2D eigenvalue weighted by Gasteiger charge is -2.27. The number of nitrogens with zero attached hydrogens (tertiary/aromatic N) is 3. The molecule has 2 aromatic rings. The highest BCUT2D eigenvalue weighted by Gasteiger charge is 2.21. The number of ether oxygens (including phenoxy) is 2. The molecule has 0 N–H and O–H groups in total. The molecule has 2 aliphatic heterocycles. The third kappa shape index (κ3) is 2.09. The van der Waals surface area contributed by atoms with Crippen molar-refractivity contribution >= 4 is 15.9 Å². The van der Waals surface area contributed by atoms with Gasteiger partial charge in [-0.05, 0) is 33.6 Å². The van der Waals surface area contributed by atoms with Gasteiger partial charge in [0.25, 0.3) is 0 Å². The van der Waals surface area contributed by atoms with Gasteiger partial charge in [0.1, 0.15) is 5.82 Å². The lowest BCUT2D eigenvalue weighted by atomic mass is 10.2. The van der Waals surface area contributed by atoms with Gasteiger partial charge in [0.2, 0.25) is 6.79 Å². The molecule has 0 saturated carbocycles. The number of aromatic nitrogens is 2. The van der Waals surface area contributed by atoms with Crippen LogP contribution in [0.1, 0.15) is 11.4 Å². The first-order valence-corrected chi connectivity index (χ1v) is 7.39. The lowest BCUT2D eigenvalue weighted by molar-refractivity contribution is 0.173. The van der Waals surface area contributed by atoms with Gasteiger partial charge >= 0.3 is 0 Å². The largest absolute Gasteiger partial charge is 0.454 e. The van der Waals surface area contributed by atoms with Gasteiger partial charge in [-0.3, -0.25) is 4.90 Å². The molecule has 3 heterocycles. The van der Waals surface area contributed by atoms with Crippen LogP contribution in [0.3, 0.4) is 0 Å². The summed E-state index contributed by atoms with van der Waals surface area (Å²) in [4.78, 5) is 6.79. The van der Waals surface area contributed by atoms with Crippen LogP contribution in [0.4, 0.5) is 0 Å². The Kier molecular flexibility index (Phi) is 2.93. The molecule has 0 aliphatic carbocycles. The van der Waals surface area contributed by atoms with E-state index in [2.05, 4.69) is 42.5 Å². The molecule has 4 rings (SSSR count). The van der Waals surface area contributed by atoms with Gasteiger partial charge in [-0.2, -0.15) is 0 Å². The molecule has 1 aromatic heterocycles. The van der Waals surface area contributed by atoms with E-state index < -0.39 is 0 Å². The molecule has 0 unspecified atom stereocenters. The van der Waals surface area contributed by atoms with Crippen LogP contribution in [0.5, 0.6) is 11.5 Å². The molecule has 0 fully saturated rings. The number of hydrogen-bond donors (Lipinski definition) is 0. The Morgan fingerprint density at radius 3 is 3.15 bits per heavy atom. The van der Waals surface area contributed by atoms with Gasteiger partial charge in [0.15, 0.2) is 11.5 Å². The zero-order chi connectivity index (χ0) is 13.5. The maximum absolute atomic E-state index is 5.47. The molecule has 6 heteroatoms. The summed E-state index contributed by atoms with van der Waals surface area (Å²) in [5, 5.41) is 0. The lowest BCUT2D eigenvalue weighted by Crippen LogP contribution is -2.33. The third-order valence-corrected chi connectivity index (χ3v) is 4.31. The molecule has 1 aromatic carbocycles. The number of benzene rings is 1. The molecular formula is C14H14BrN3O2. The summed E-state index contributed by atoms with van der Waals surface area (Å²) in [7, 11) is 0. The zero-order valence-corrected chi connectivity index (χ0v) is 12.5. The van der Waals surface area contributed by atoms with Crippen LogP contribution >= 0.6 is 15.9 Å². The van der Waals surface area contributed by atoms with E-state index in [9.17, 15) is 0 Å². The van der Waals surface area contributed by atoms with Crippen molar-refractivity contribution in [2.24, 2.45) is 0 Å². The minimum absolute atomic E-state index is 0.304. The molecule has 5 nitrogen and oxygen atoms in total. The van der Waals surface area contributed by atoms with Gasteiger partial charge < -0.3 is 14.0 Å². The van der Waals surface area contributed by atoms with Crippen LogP contribution in [0.2, 0.25) is 0 Å². The summed E-state index contributed by atoms with van der Waals surface area (Å²) in [6.45, 7) is 4.12. The third-order valence-electron chi connectivity index (χ3n) is 3.72. The Morgan fingerprint density at radius 1 is 1.25 bits per heavy atom. The normalized spacial score (nSPS) is 17.2. The number of halogens is 1. The number of rotatable bonds is 2. The zero-order valence-electron chi connectivity index (χ0n) is 10.9. The van der Waals surface area contributed by atoms with Gasteiger partial charge in [0, 0.05) is 32.0 Å². The van der Waals surface area contributed by atoms with E-state index in [-0.39, 0.29) is 0 Å². The van der Waals surface area contributed by atoms with Crippen molar-refractivity contribution in [2.45, 2.75) is 19.6 Å². The highest BCUT2D eigenvalue weighted by Crippen LogP contribution is 2.40. The van der Waals surface area contributed by atoms with Crippen LogP contribution in [0.15, 0.2) is 29.0 Å². The molecule has 0 bridgehead atoms. The average molecular weight is 336 g/mol. The molecule has 20 heavy (non-hydrogen) atoms. The summed E-state index contributed by atoms with van der Waals surface area (Å²) in [6.07, 6.45) is 3.92. The van der Waals surface area contributed by atoms with Crippen LogP contribution in [-0.4, -0.2) is 27.8 Å². The molecule has 0 spiro atoms. The van der Waals surface area contributed by atoms with Crippen LogP contribution in [0, 0.1) is 0 Å². The van der Waals surface area contributed by atoms with E-state index in [4.69, 9.17) is 9.47 Å². The monoisotopic (exact) mass is 335 g/mol. The first-order valence-electron chi connectivity index (χ1n) is 6.60. The predicted molar refractivity (Wildman–Crippen MR) is 76.6 cm³/mol. The van der Waals surface area contributed by atoms with Crippen molar-refractivity contribution in [3.63, 3.8) is 0 Å². The number of hydrogen-bond acceptors (Lipinski definition) is 4. The maximum atomic E-state index is 5.47. The number of imidazole rings is 1. The molecule has 0 amide bonds. The van der Waals surface area contributed by atoms with Gasteiger partial charge in [-0.25, -0.2) is 4.98 Å². The number of fused-ring (bicyclic) bond motifs is 2. The smallest absolute Gasteiger partial charge is 0.231 e. The fraction of sp³-hybridized carbons (Fsp3) is 0.357. The second-order valence-electron chi connectivity index (χ2n) is 5.06. The van der Waals surface area contributed by atoms with E-state index >= 15 is 0 Å². The second kappa shape index (κ2) is 4.79. The van der Waals surface area contributed by atoms with E-state index in [0.717, 1.165) is 48.0 Å². The Bertz CT molecular complexity index is 656. The molecular weight excluding hydrogens is 322 g/mol. The second-order valence-corrected chi connectivity index (χ2v) is 5.91. The Labute approximate surface area is 125 Å². The van der Waals surface area contributed by atoms with Crippen molar-refractivity contribution in [1.82, 2.24) is 14.5 Å². The molecule has 0 saturated heterocycles. The fourth-order valence-corrected chi connectivity index (χ4v) is 3.33. The van der Waals surface area contributed by atoms with Gasteiger partial charge in [0.05, 0.1) is 11.0 Å². The van der Waals surface area contributed by atoms with E-state index in [1.54, 1.807) is 0 Å². The van der Waals surface area contributed by atoms with E-state index in [0.29, 0.717) is 6.79 Å². The summed E-state index contributed by atoms with van der Waals surface area (Å²) in [5.74, 6) is 2.77. The summed E-state index contributed by atoms with van der Waals surface area (Å²) in [5.41, 5.74) is 1.22. The van der Waals surface area contributed by atoms with Crippen LogP contribution in [0.25, 0.3) is 0 Å². The standard InChI is InChI=1S/C14H14BrN3O2/c15-11-5-10(6-12-14(11)20-9-19-12)7-17-3-4-18-2-1-16-13(18)8-17/h1-2,5-6H,3-4,7-9H2. The van der Waals surface area contributed by atoms with Crippen LogP contribution in [-0.2, 0) is 19.6 Å². The van der Waals surface area contributed by atoms with Gasteiger partial charge in [-0.1, -0.05) is 0 Å². The Hall–Kier alpha value is -1.53. The predicted octanol–water partition coefficient (Wildman–Crippen LogP) is 2.39. The summed E-state index contributed by atoms with van der Waals surface area (Å²) in [6, 6.07) is 4.17. The first-order chi connectivity index (χ1) is 9.79. The van der Waals surface area contributed by atoms with Crippen LogP contribution < -0.4 is 9.47 Å². The maximum Gasteiger partial charge on any atom is 0.231 e. The highest BCUT2D eigenvalue weighted by atomic mass is 79.9. The van der Waals surface area contributed by atoms with E-state index in [1.165, 1.54) is 5.56 Å². The Balaban J connectivity index is 1.54. The van der Waals surface area contributed by atoms with Crippen molar-refractivity contribution in [3.05, 3.63) is 40.4 Å². The molecule has 104 valence electrons. The van der Waals surface area contributed by atoms with Crippen molar-refractivity contribution < 1.29 is 9.47 Å². The average Bonchev–Trinajstić information content (AvgIpc) is 3.06. The summed E-state index contributed by atoms with van der Waals surface area (Å²) < 4.78 is 14.1. The quantitative estimate of drug-likeness (QED) is 0.844. The fourth-order valence-electron chi connectivity index (χ4n) is 2.73. The minimum atomic E-state index is 0.304. The summed E-state index contributed by atoms with van der Waals surface area (Å²) >= 11 is 3.54. The van der Waals surface area contributed by atoms with E-state index in [1.807, 2.05) is 12.4 Å². The highest BCUT2D eigenvalue weighted by molar-refractivity contribution is 9.10. The molecule has 2 aliphatic rings. The van der Waals surface area contributed by atoms with Crippen molar-refractivity contribution in [1.29, 1.82) is 0 Å². The minimum Gasteiger partial charge on any atom is -0.454 e. The SMILES string of the molecule is Brc1cc(CN2CCn3ccnc3C2)cc2c1OCO2.